The second-order valence-corrected chi connectivity index (χ2v) is 8.06. The number of aliphatic hydroxyl groups is 2. The molecule has 0 bridgehead atoms. The molecular formula is C23H32N4O4. The van der Waals surface area contributed by atoms with Crippen molar-refractivity contribution >= 4 is 11.6 Å². The first kappa shape index (κ1) is 23.1. The number of nitrogens with one attached hydrogen (secondary N) is 1. The Morgan fingerprint density at radius 2 is 2.00 bits per heavy atom. The van der Waals surface area contributed by atoms with Crippen LogP contribution in [0.1, 0.15) is 67.7 Å². The van der Waals surface area contributed by atoms with Gasteiger partial charge in [-0.2, -0.15) is 0 Å². The molecule has 0 aromatic carbocycles. The Labute approximate surface area is 183 Å². The molecule has 0 amide bonds. The van der Waals surface area contributed by atoms with E-state index in [0.717, 1.165) is 43.7 Å². The topological polar surface area (TPSA) is 117 Å². The summed E-state index contributed by atoms with van der Waals surface area (Å²) in [5, 5.41) is 22.2. The van der Waals surface area contributed by atoms with Gasteiger partial charge in [0, 0.05) is 43.9 Å². The third kappa shape index (κ3) is 7.25. The summed E-state index contributed by atoms with van der Waals surface area (Å²) in [5.74, 6) is 0.770. The number of ketones is 1. The van der Waals surface area contributed by atoms with Gasteiger partial charge in [0.05, 0.1) is 7.11 Å². The van der Waals surface area contributed by atoms with E-state index in [-0.39, 0.29) is 30.6 Å². The SMILES string of the molecule is COc1ncc(C(CC(=O)CCCCc2ccc3c(n2)NCCCC3)CC(O)O)cn1. The van der Waals surface area contributed by atoms with Crippen LogP contribution < -0.4 is 10.1 Å². The van der Waals surface area contributed by atoms with Crippen molar-refractivity contribution in [2.45, 2.75) is 70.0 Å². The summed E-state index contributed by atoms with van der Waals surface area (Å²) in [7, 11) is 1.48. The van der Waals surface area contributed by atoms with Gasteiger partial charge in [-0.05, 0) is 61.6 Å². The number of hydrogen-bond acceptors (Lipinski definition) is 8. The zero-order valence-corrected chi connectivity index (χ0v) is 18.1. The summed E-state index contributed by atoms with van der Waals surface area (Å²) in [6.45, 7) is 0.973. The molecule has 3 rings (SSSR count). The van der Waals surface area contributed by atoms with Crippen LogP contribution in [0, 0.1) is 0 Å². The molecule has 3 N–H and O–H groups in total. The van der Waals surface area contributed by atoms with E-state index in [9.17, 15) is 15.0 Å². The zero-order valence-electron chi connectivity index (χ0n) is 18.1. The van der Waals surface area contributed by atoms with Crippen LogP contribution in [0.5, 0.6) is 6.01 Å². The predicted molar refractivity (Wildman–Crippen MR) is 117 cm³/mol. The predicted octanol–water partition coefficient (Wildman–Crippen LogP) is 2.79. The van der Waals surface area contributed by atoms with E-state index in [1.165, 1.54) is 25.5 Å². The maximum absolute atomic E-state index is 12.5. The minimum absolute atomic E-state index is 0.0630. The number of rotatable bonds is 11. The Morgan fingerprint density at radius 3 is 2.74 bits per heavy atom. The molecule has 31 heavy (non-hydrogen) atoms. The van der Waals surface area contributed by atoms with Crippen molar-refractivity contribution in [3.05, 3.63) is 41.3 Å². The number of methoxy groups -OCH3 is 1. The highest BCUT2D eigenvalue weighted by Crippen LogP contribution is 2.26. The lowest BCUT2D eigenvalue weighted by Crippen LogP contribution is -2.15. The van der Waals surface area contributed by atoms with Crippen molar-refractivity contribution in [3.63, 3.8) is 0 Å². The van der Waals surface area contributed by atoms with Gasteiger partial charge in [-0.25, -0.2) is 15.0 Å². The lowest BCUT2D eigenvalue weighted by atomic mass is 9.91. The Hall–Kier alpha value is -2.58. The molecule has 3 heterocycles. The second-order valence-electron chi connectivity index (χ2n) is 8.06. The molecule has 8 heteroatoms. The highest BCUT2D eigenvalue weighted by atomic mass is 16.5. The molecule has 8 nitrogen and oxygen atoms in total. The average Bonchev–Trinajstić information content (AvgIpc) is 3.01. The number of carbonyl (C=O) groups is 1. The minimum Gasteiger partial charge on any atom is -0.467 e. The number of Topliss-reactive ketones (excluding diaryl/α,β-unsaturated/α-hetero) is 1. The van der Waals surface area contributed by atoms with E-state index in [1.54, 1.807) is 12.4 Å². The highest BCUT2D eigenvalue weighted by Gasteiger charge is 2.20. The molecule has 0 aliphatic carbocycles. The first-order valence-corrected chi connectivity index (χ1v) is 11.0. The molecule has 0 spiro atoms. The Bertz CT molecular complexity index is 842. The highest BCUT2D eigenvalue weighted by molar-refractivity contribution is 5.79. The van der Waals surface area contributed by atoms with Gasteiger partial charge < -0.3 is 20.3 Å². The summed E-state index contributed by atoms with van der Waals surface area (Å²) < 4.78 is 4.95. The number of fused-ring (bicyclic) bond motifs is 1. The van der Waals surface area contributed by atoms with Crippen LogP contribution in [0.2, 0.25) is 0 Å². The molecule has 2 aromatic heterocycles. The summed E-state index contributed by atoms with van der Waals surface area (Å²) in [6.07, 6.45) is 8.35. The quantitative estimate of drug-likeness (QED) is 0.369. The van der Waals surface area contributed by atoms with E-state index in [2.05, 4.69) is 27.4 Å². The summed E-state index contributed by atoms with van der Waals surface area (Å²) in [4.78, 5) is 25.4. The molecule has 1 atom stereocenters. The number of anilines is 1. The van der Waals surface area contributed by atoms with Crippen LogP contribution in [0.3, 0.4) is 0 Å². The van der Waals surface area contributed by atoms with Crippen molar-refractivity contribution in [2.24, 2.45) is 0 Å². The molecule has 1 aliphatic rings. The van der Waals surface area contributed by atoms with Crippen LogP contribution in [0.15, 0.2) is 24.5 Å². The van der Waals surface area contributed by atoms with Gasteiger partial charge in [0.2, 0.25) is 0 Å². The second kappa shape index (κ2) is 11.7. The first-order chi connectivity index (χ1) is 15.0. The largest absolute Gasteiger partial charge is 0.467 e. The zero-order chi connectivity index (χ0) is 22.1. The molecule has 0 saturated heterocycles. The number of hydrogen-bond donors (Lipinski definition) is 3. The molecule has 168 valence electrons. The van der Waals surface area contributed by atoms with Crippen molar-refractivity contribution in [2.75, 3.05) is 19.0 Å². The standard InChI is InChI=1S/C23H32N4O4/c1-31-23-25-14-18(15-26-23)17(13-21(29)30)12-20(28)8-3-2-7-19-10-9-16-6-4-5-11-24-22(16)27-19/h9-10,14-15,17,21,29-30H,2-8,11-13H2,1H3,(H,24,27). The number of aryl methyl sites for hydroxylation is 2. The number of carbonyl (C=O) groups excluding carboxylic acids is 1. The summed E-state index contributed by atoms with van der Waals surface area (Å²) in [6, 6.07) is 4.50. The van der Waals surface area contributed by atoms with Crippen molar-refractivity contribution in [3.8, 4) is 6.01 Å². The van der Waals surface area contributed by atoms with Crippen LogP contribution in [-0.4, -0.2) is 50.9 Å². The fourth-order valence-electron chi connectivity index (χ4n) is 3.91. The average molecular weight is 429 g/mol. The molecule has 0 saturated carbocycles. The van der Waals surface area contributed by atoms with Crippen molar-refractivity contribution in [1.82, 2.24) is 15.0 Å². The monoisotopic (exact) mass is 428 g/mol. The van der Waals surface area contributed by atoms with Gasteiger partial charge in [-0.1, -0.05) is 6.07 Å². The van der Waals surface area contributed by atoms with Crippen LogP contribution in [0.4, 0.5) is 5.82 Å². The first-order valence-electron chi connectivity index (χ1n) is 11.0. The maximum Gasteiger partial charge on any atom is 0.316 e. The molecule has 0 fully saturated rings. The van der Waals surface area contributed by atoms with Gasteiger partial charge in [0.25, 0.3) is 0 Å². The maximum atomic E-state index is 12.5. The van der Waals surface area contributed by atoms with E-state index >= 15 is 0 Å². The van der Waals surface area contributed by atoms with Crippen molar-refractivity contribution in [1.29, 1.82) is 0 Å². The number of aromatic nitrogens is 3. The Balaban J connectivity index is 1.47. The van der Waals surface area contributed by atoms with Gasteiger partial charge in [0.15, 0.2) is 6.29 Å². The smallest absolute Gasteiger partial charge is 0.316 e. The summed E-state index contributed by atoms with van der Waals surface area (Å²) >= 11 is 0. The van der Waals surface area contributed by atoms with E-state index in [0.29, 0.717) is 12.0 Å². The lowest BCUT2D eigenvalue weighted by molar-refractivity contribution is -0.120. The molecular weight excluding hydrogens is 396 g/mol. The van der Waals surface area contributed by atoms with Crippen LogP contribution >= 0.6 is 0 Å². The number of nitrogens with zero attached hydrogens (tertiary/aromatic N) is 3. The van der Waals surface area contributed by atoms with Gasteiger partial charge in [-0.3, -0.25) is 4.79 Å². The minimum atomic E-state index is -1.49. The van der Waals surface area contributed by atoms with Gasteiger partial charge >= 0.3 is 6.01 Å². The fraction of sp³-hybridized carbons (Fsp3) is 0.565. The lowest BCUT2D eigenvalue weighted by Gasteiger charge is -2.17. The Morgan fingerprint density at radius 1 is 1.19 bits per heavy atom. The third-order valence-electron chi connectivity index (χ3n) is 5.61. The number of aliphatic hydroxyl groups excluding tert-OH is 1. The van der Waals surface area contributed by atoms with E-state index < -0.39 is 6.29 Å². The molecule has 2 aromatic rings. The van der Waals surface area contributed by atoms with Gasteiger partial charge in [0.1, 0.15) is 11.6 Å². The van der Waals surface area contributed by atoms with Crippen LogP contribution in [0.25, 0.3) is 0 Å². The number of ether oxygens (including phenoxy) is 1. The van der Waals surface area contributed by atoms with Crippen molar-refractivity contribution < 1.29 is 19.7 Å². The van der Waals surface area contributed by atoms with E-state index in [1.807, 2.05) is 0 Å². The summed E-state index contributed by atoms with van der Waals surface area (Å²) in [5.41, 5.74) is 3.04. The third-order valence-corrected chi connectivity index (χ3v) is 5.61. The molecule has 0 radical (unpaired) electrons. The normalized spacial score (nSPS) is 14.5. The number of unbranched alkanes of at least 4 members (excludes halogenated alkanes) is 1. The molecule has 1 aliphatic heterocycles. The number of pyridine rings is 1. The van der Waals surface area contributed by atoms with Gasteiger partial charge in [-0.15, -0.1) is 0 Å². The Kier molecular flexibility index (Phi) is 8.73. The fourth-order valence-corrected chi connectivity index (χ4v) is 3.91. The molecule has 1 unspecified atom stereocenters. The van der Waals surface area contributed by atoms with E-state index in [4.69, 9.17) is 9.72 Å². The van der Waals surface area contributed by atoms with Crippen LogP contribution in [-0.2, 0) is 17.6 Å².